The minimum Gasteiger partial charge on any atom is -0.489 e. The van der Waals surface area contributed by atoms with E-state index in [2.05, 4.69) is 20.8 Å². The van der Waals surface area contributed by atoms with Crippen LogP contribution in [0.15, 0.2) is 24.4 Å². The Morgan fingerprint density at radius 3 is 3.04 bits per heavy atom. The smallest absolute Gasteiger partial charge is 0.245 e. The first-order valence-electron chi connectivity index (χ1n) is 7.65. The van der Waals surface area contributed by atoms with Crippen LogP contribution in [0, 0.1) is 0 Å². The van der Waals surface area contributed by atoms with Crippen LogP contribution in [0.2, 0.25) is 5.02 Å². The van der Waals surface area contributed by atoms with Crippen molar-refractivity contribution in [2.75, 3.05) is 25.7 Å². The molecule has 0 spiro atoms. The van der Waals surface area contributed by atoms with E-state index in [0.29, 0.717) is 41.2 Å². The van der Waals surface area contributed by atoms with Gasteiger partial charge in [-0.25, -0.2) is 4.98 Å². The third kappa shape index (κ3) is 4.42. The molecular weight excluding hydrogens is 348 g/mol. The van der Waals surface area contributed by atoms with E-state index in [1.165, 1.54) is 13.3 Å². The molecule has 1 aliphatic heterocycles. The number of ether oxygens (including phenoxy) is 3. The first kappa shape index (κ1) is 17.1. The van der Waals surface area contributed by atoms with Crippen molar-refractivity contribution in [3.8, 4) is 17.4 Å². The van der Waals surface area contributed by atoms with Gasteiger partial charge in [0, 0.05) is 18.7 Å². The summed E-state index contributed by atoms with van der Waals surface area (Å²) in [5, 5.41) is 0.422. The van der Waals surface area contributed by atoms with Gasteiger partial charge in [-0.1, -0.05) is 11.6 Å². The lowest BCUT2D eigenvalue weighted by Gasteiger charge is -2.12. The van der Waals surface area contributed by atoms with Gasteiger partial charge in [-0.2, -0.15) is 4.98 Å². The summed E-state index contributed by atoms with van der Waals surface area (Å²) < 4.78 is 16.2. The van der Waals surface area contributed by atoms with E-state index < -0.39 is 0 Å². The monoisotopic (exact) mass is 364 g/mol. The summed E-state index contributed by atoms with van der Waals surface area (Å²) in [5.41, 5.74) is 5.87. The molecule has 2 heterocycles. The standard InChI is InChI=1S/C16H17ClN4O4/c1-23-14-3-4-18-16(19-14)21-20-13(22)9-10-7-11(17)15-12(8-10)24-5-2-6-25-15/h3-4,7-8H,2,5-6,9H2,1H3,(H,20,22)(H,18,19,21). The predicted octanol–water partition coefficient (Wildman–Crippen LogP) is 1.99. The molecule has 0 atom stereocenters. The second kappa shape index (κ2) is 7.89. The van der Waals surface area contributed by atoms with Crippen LogP contribution in [0.4, 0.5) is 5.95 Å². The van der Waals surface area contributed by atoms with Crippen molar-refractivity contribution >= 4 is 23.5 Å². The van der Waals surface area contributed by atoms with Crippen molar-refractivity contribution in [3.63, 3.8) is 0 Å². The normalized spacial score (nSPS) is 12.9. The predicted molar refractivity (Wildman–Crippen MR) is 91.1 cm³/mol. The largest absolute Gasteiger partial charge is 0.489 e. The molecule has 0 radical (unpaired) electrons. The molecule has 132 valence electrons. The third-order valence-corrected chi connectivity index (χ3v) is 3.66. The number of benzene rings is 1. The van der Waals surface area contributed by atoms with E-state index in [4.69, 9.17) is 25.8 Å². The lowest BCUT2D eigenvalue weighted by Crippen LogP contribution is -2.31. The number of methoxy groups -OCH3 is 1. The second-order valence-electron chi connectivity index (χ2n) is 5.23. The van der Waals surface area contributed by atoms with Crippen LogP contribution < -0.4 is 25.1 Å². The van der Waals surface area contributed by atoms with Gasteiger partial charge in [-0.05, 0) is 17.7 Å². The number of rotatable bonds is 5. The van der Waals surface area contributed by atoms with Crippen LogP contribution in [-0.4, -0.2) is 36.2 Å². The zero-order valence-electron chi connectivity index (χ0n) is 13.5. The number of carbonyl (C=O) groups excluding carboxylic acids is 1. The molecule has 0 aliphatic carbocycles. The van der Waals surface area contributed by atoms with Gasteiger partial charge in [0.2, 0.25) is 17.7 Å². The summed E-state index contributed by atoms with van der Waals surface area (Å²) in [6.07, 6.45) is 2.41. The summed E-state index contributed by atoms with van der Waals surface area (Å²) in [6.45, 7) is 1.10. The van der Waals surface area contributed by atoms with Crippen molar-refractivity contribution in [3.05, 3.63) is 35.0 Å². The molecular formula is C16H17ClN4O4. The van der Waals surface area contributed by atoms with Crippen LogP contribution in [0.1, 0.15) is 12.0 Å². The average Bonchev–Trinajstić information content (AvgIpc) is 2.86. The van der Waals surface area contributed by atoms with Crippen LogP contribution in [0.3, 0.4) is 0 Å². The molecule has 3 rings (SSSR count). The molecule has 1 aliphatic rings. The molecule has 1 aromatic heterocycles. The van der Waals surface area contributed by atoms with Gasteiger partial charge in [0.25, 0.3) is 0 Å². The Hall–Kier alpha value is -2.74. The number of nitrogens with one attached hydrogen (secondary N) is 2. The highest BCUT2D eigenvalue weighted by atomic mass is 35.5. The zero-order chi connectivity index (χ0) is 17.6. The van der Waals surface area contributed by atoms with Crippen LogP contribution in [0.25, 0.3) is 0 Å². The molecule has 25 heavy (non-hydrogen) atoms. The van der Waals surface area contributed by atoms with Crippen molar-refractivity contribution in [1.29, 1.82) is 0 Å². The number of amides is 1. The first-order valence-corrected chi connectivity index (χ1v) is 8.03. The van der Waals surface area contributed by atoms with Gasteiger partial charge in [0.15, 0.2) is 11.5 Å². The van der Waals surface area contributed by atoms with E-state index in [-0.39, 0.29) is 18.3 Å². The topological polar surface area (TPSA) is 94.6 Å². The Morgan fingerprint density at radius 1 is 1.36 bits per heavy atom. The van der Waals surface area contributed by atoms with Crippen LogP contribution >= 0.6 is 11.6 Å². The maximum absolute atomic E-state index is 12.1. The lowest BCUT2D eigenvalue weighted by atomic mass is 10.1. The number of nitrogens with zero attached hydrogens (tertiary/aromatic N) is 2. The summed E-state index contributed by atoms with van der Waals surface area (Å²) in [4.78, 5) is 20.1. The minimum absolute atomic E-state index is 0.104. The van der Waals surface area contributed by atoms with E-state index in [0.717, 1.165) is 6.42 Å². The summed E-state index contributed by atoms with van der Waals surface area (Å²) >= 11 is 6.22. The van der Waals surface area contributed by atoms with Crippen molar-refractivity contribution < 1.29 is 19.0 Å². The summed E-state index contributed by atoms with van der Waals surface area (Å²) in [5.74, 6) is 1.41. The lowest BCUT2D eigenvalue weighted by molar-refractivity contribution is -0.119. The third-order valence-electron chi connectivity index (χ3n) is 3.38. The molecule has 0 bridgehead atoms. The number of carbonyl (C=O) groups is 1. The Morgan fingerprint density at radius 2 is 2.20 bits per heavy atom. The van der Waals surface area contributed by atoms with Crippen molar-refractivity contribution in [2.24, 2.45) is 0 Å². The van der Waals surface area contributed by atoms with Gasteiger partial charge in [-0.15, -0.1) is 0 Å². The number of anilines is 1. The maximum Gasteiger partial charge on any atom is 0.245 e. The quantitative estimate of drug-likeness (QED) is 0.783. The van der Waals surface area contributed by atoms with Gasteiger partial charge in [-0.3, -0.25) is 15.6 Å². The molecule has 0 fully saturated rings. The van der Waals surface area contributed by atoms with Gasteiger partial charge in [0.1, 0.15) is 0 Å². The average molecular weight is 365 g/mol. The van der Waals surface area contributed by atoms with Crippen LogP contribution in [0.5, 0.6) is 17.4 Å². The Balaban J connectivity index is 1.62. The Kier molecular flexibility index (Phi) is 5.39. The highest BCUT2D eigenvalue weighted by molar-refractivity contribution is 6.32. The zero-order valence-corrected chi connectivity index (χ0v) is 14.3. The molecule has 9 heteroatoms. The molecule has 1 aromatic carbocycles. The first-order chi connectivity index (χ1) is 12.2. The highest BCUT2D eigenvalue weighted by Crippen LogP contribution is 2.38. The highest BCUT2D eigenvalue weighted by Gasteiger charge is 2.16. The molecule has 0 unspecified atom stereocenters. The van der Waals surface area contributed by atoms with Gasteiger partial charge in [0.05, 0.1) is 31.8 Å². The molecule has 2 aromatic rings. The maximum atomic E-state index is 12.1. The number of halogens is 1. The fourth-order valence-electron chi connectivity index (χ4n) is 2.26. The summed E-state index contributed by atoms with van der Waals surface area (Å²) in [6, 6.07) is 5.05. The van der Waals surface area contributed by atoms with Crippen molar-refractivity contribution in [1.82, 2.24) is 15.4 Å². The molecule has 0 saturated carbocycles. The van der Waals surface area contributed by atoms with E-state index >= 15 is 0 Å². The number of hydrogen-bond acceptors (Lipinski definition) is 7. The minimum atomic E-state index is -0.281. The van der Waals surface area contributed by atoms with Gasteiger partial charge < -0.3 is 14.2 Å². The van der Waals surface area contributed by atoms with E-state index in [9.17, 15) is 4.79 Å². The van der Waals surface area contributed by atoms with E-state index in [1.807, 2.05) is 0 Å². The second-order valence-corrected chi connectivity index (χ2v) is 5.64. The molecule has 2 N–H and O–H groups in total. The molecule has 1 amide bonds. The number of fused-ring (bicyclic) bond motifs is 1. The van der Waals surface area contributed by atoms with Crippen molar-refractivity contribution in [2.45, 2.75) is 12.8 Å². The summed E-state index contributed by atoms with van der Waals surface area (Å²) in [7, 11) is 1.50. The molecule has 8 nitrogen and oxygen atoms in total. The van der Waals surface area contributed by atoms with E-state index in [1.54, 1.807) is 18.2 Å². The van der Waals surface area contributed by atoms with Crippen LogP contribution in [-0.2, 0) is 11.2 Å². The fourth-order valence-corrected chi connectivity index (χ4v) is 2.55. The number of aromatic nitrogens is 2. The number of hydrogen-bond donors (Lipinski definition) is 2. The Bertz CT molecular complexity index is 772. The SMILES string of the molecule is COc1ccnc(NNC(=O)Cc2cc(Cl)c3c(c2)OCCCO3)n1. The molecule has 0 saturated heterocycles. The van der Waals surface area contributed by atoms with Gasteiger partial charge >= 0.3 is 0 Å². The fraction of sp³-hybridized carbons (Fsp3) is 0.312. The Labute approximate surface area is 149 Å². The number of hydrazine groups is 1.